The molecule has 0 bridgehead atoms. The minimum absolute atomic E-state index is 0.110. The monoisotopic (exact) mass is 298 g/mol. The van der Waals surface area contributed by atoms with Gasteiger partial charge in [-0.3, -0.25) is 4.90 Å². The van der Waals surface area contributed by atoms with Crippen molar-refractivity contribution in [3.05, 3.63) is 35.4 Å². The van der Waals surface area contributed by atoms with Crippen LogP contribution in [0.5, 0.6) is 0 Å². The summed E-state index contributed by atoms with van der Waals surface area (Å²) in [6.45, 7) is 0.705. The number of rotatable bonds is 4. The fourth-order valence-corrected chi connectivity index (χ4v) is 4.30. The second-order valence-electron chi connectivity index (χ2n) is 5.04. The van der Waals surface area contributed by atoms with Gasteiger partial charge in [0.15, 0.2) is 9.84 Å². The Bertz CT molecular complexity index is 584. The molecule has 1 aliphatic heterocycles. The zero-order chi connectivity index (χ0) is 14.0. The van der Waals surface area contributed by atoms with Gasteiger partial charge in [0.05, 0.1) is 11.5 Å². The van der Waals surface area contributed by atoms with Crippen LogP contribution in [0, 0.1) is 0 Å². The number of thiocarbonyl (C=S) groups is 1. The summed E-state index contributed by atoms with van der Waals surface area (Å²) in [5.41, 5.74) is 7.55. The molecule has 104 valence electrons. The van der Waals surface area contributed by atoms with E-state index in [4.69, 9.17) is 18.0 Å². The van der Waals surface area contributed by atoms with Crippen molar-refractivity contribution >= 4 is 27.0 Å². The van der Waals surface area contributed by atoms with E-state index >= 15 is 0 Å². The minimum Gasteiger partial charge on any atom is -0.389 e. The summed E-state index contributed by atoms with van der Waals surface area (Å²) in [6.07, 6.45) is 0.716. The third-order valence-corrected chi connectivity index (χ3v) is 5.46. The second kappa shape index (κ2) is 5.56. The molecule has 1 fully saturated rings. The maximum Gasteiger partial charge on any atom is 0.151 e. The van der Waals surface area contributed by atoms with Gasteiger partial charge in [0, 0.05) is 18.2 Å². The quantitative estimate of drug-likeness (QED) is 0.838. The summed E-state index contributed by atoms with van der Waals surface area (Å²) in [5.74, 6) is 0.563. The van der Waals surface area contributed by atoms with Gasteiger partial charge in [-0.2, -0.15) is 0 Å². The van der Waals surface area contributed by atoms with Crippen LogP contribution in [0.25, 0.3) is 0 Å². The Hall–Kier alpha value is -0.980. The number of sulfone groups is 1. The molecule has 1 aromatic rings. The highest BCUT2D eigenvalue weighted by atomic mass is 32.2. The maximum atomic E-state index is 11.5. The van der Waals surface area contributed by atoms with E-state index in [-0.39, 0.29) is 11.8 Å². The predicted octanol–water partition coefficient (Wildman–Crippen LogP) is 0.940. The minimum atomic E-state index is -2.84. The van der Waals surface area contributed by atoms with E-state index in [1.165, 1.54) is 0 Å². The summed E-state index contributed by atoms with van der Waals surface area (Å²) < 4.78 is 23.0. The van der Waals surface area contributed by atoms with Gasteiger partial charge in [0.25, 0.3) is 0 Å². The molecule has 1 atom stereocenters. The van der Waals surface area contributed by atoms with Gasteiger partial charge in [-0.05, 0) is 25.1 Å². The molecule has 1 heterocycles. The largest absolute Gasteiger partial charge is 0.389 e. The highest BCUT2D eigenvalue weighted by Crippen LogP contribution is 2.18. The molecule has 0 saturated carbocycles. The van der Waals surface area contributed by atoms with Crippen LogP contribution in [-0.4, -0.2) is 42.9 Å². The normalized spacial score (nSPS) is 21.7. The van der Waals surface area contributed by atoms with Crippen molar-refractivity contribution in [3.63, 3.8) is 0 Å². The van der Waals surface area contributed by atoms with Crippen LogP contribution in [0.1, 0.15) is 17.5 Å². The summed E-state index contributed by atoms with van der Waals surface area (Å²) in [4.78, 5) is 2.47. The Morgan fingerprint density at radius 3 is 2.84 bits per heavy atom. The standard InChI is InChI=1S/C13H18N2O2S2/c1-15(12-5-6-19(16,17)9-12)8-10-3-2-4-11(7-10)13(14)18/h2-4,7,12H,5-6,8-9H2,1H3,(H2,14,18). The van der Waals surface area contributed by atoms with Gasteiger partial charge in [-0.15, -0.1) is 0 Å². The third kappa shape index (κ3) is 3.75. The predicted molar refractivity (Wildman–Crippen MR) is 80.9 cm³/mol. The van der Waals surface area contributed by atoms with Crippen LogP contribution < -0.4 is 5.73 Å². The summed E-state index contributed by atoms with van der Waals surface area (Å²) in [7, 11) is -0.880. The van der Waals surface area contributed by atoms with Crippen LogP contribution in [0.4, 0.5) is 0 Å². The molecule has 0 amide bonds. The second-order valence-corrected chi connectivity index (χ2v) is 7.71. The van der Waals surface area contributed by atoms with E-state index in [1.807, 2.05) is 31.3 Å². The molecule has 4 nitrogen and oxygen atoms in total. The van der Waals surface area contributed by atoms with Crippen LogP contribution in [-0.2, 0) is 16.4 Å². The molecule has 6 heteroatoms. The molecule has 1 aliphatic rings. The van der Waals surface area contributed by atoms with Crippen molar-refractivity contribution in [3.8, 4) is 0 Å². The summed E-state index contributed by atoms with van der Waals surface area (Å²) >= 11 is 4.96. The first-order valence-electron chi connectivity index (χ1n) is 6.17. The van der Waals surface area contributed by atoms with Crippen LogP contribution in [0.15, 0.2) is 24.3 Å². The molecular weight excluding hydrogens is 280 g/mol. The molecule has 1 aromatic carbocycles. The first-order valence-corrected chi connectivity index (χ1v) is 8.40. The summed E-state index contributed by atoms with van der Waals surface area (Å²) in [5, 5.41) is 0. The van der Waals surface area contributed by atoms with Crippen LogP contribution in [0.3, 0.4) is 0 Å². The molecule has 0 spiro atoms. The van der Waals surface area contributed by atoms with Crippen molar-refractivity contribution in [2.75, 3.05) is 18.6 Å². The number of hydrogen-bond donors (Lipinski definition) is 1. The highest BCUT2D eigenvalue weighted by Gasteiger charge is 2.30. The lowest BCUT2D eigenvalue weighted by Gasteiger charge is -2.23. The van der Waals surface area contributed by atoms with Crippen molar-refractivity contribution in [1.82, 2.24) is 4.90 Å². The topological polar surface area (TPSA) is 63.4 Å². The third-order valence-electron chi connectivity index (χ3n) is 3.48. The molecular formula is C13H18N2O2S2. The van der Waals surface area contributed by atoms with Crippen molar-refractivity contribution in [2.45, 2.75) is 19.0 Å². The Labute approximate surface area is 119 Å². The van der Waals surface area contributed by atoms with Gasteiger partial charge in [-0.1, -0.05) is 30.4 Å². The molecule has 1 unspecified atom stereocenters. The molecule has 2 N–H and O–H groups in total. The van der Waals surface area contributed by atoms with E-state index in [2.05, 4.69) is 4.90 Å². The van der Waals surface area contributed by atoms with E-state index in [0.29, 0.717) is 23.7 Å². The van der Waals surface area contributed by atoms with Crippen molar-refractivity contribution in [1.29, 1.82) is 0 Å². The van der Waals surface area contributed by atoms with Crippen LogP contribution in [0.2, 0.25) is 0 Å². The lowest BCUT2D eigenvalue weighted by molar-refractivity contribution is 0.254. The number of benzene rings is 1. The Morgan fingerprint density at radius 2 is 2.26 bits per heavy atom. The molecule has 1 saturated heterocycles. The summed E-state index contributed by atoms with van der Waals surface area (Å²) in [6, 6.07) is 7.87. The average molecular weight is 298 g/mol. The zero-order valence-electron chi connectivity index (χ0n) is 10.9. The Kier molecular flexibility index (Phi) is 4.23. The average Bonchev–Trinajstić information content (AvgIpc) is 2.70. The maximum absolute atomic E-state index is 11.5. The molecule has 0 aromatic heterocycles. The highest BCUT2D eigenvalue weighted by molar-refractivity contribution is 7.91. The van der Waals surface area contributed by atoms with Gasteiger partial charge in [0.1, 0.15) is 4.99 Å². The van der Waals surface area contributed by atoms with Crippen LogP contribution >= 0.6 is 12.2 Å². The van der Waals surface area contributed by atoms with E-state index < -0.39 is 9.84 Å². The lowest BCUT2D eigenvalue weighted by atomic mass is 10.1. The van der Waals surface area contributed by atoms with Gasteiger partial charge in [0.2, 0.25) is 0 Å². The van der Waals surface area contributed by atoms with Crippen molar-refractivity contribution in [2.24, 2.45) is 5.73 Å². The van der Waals surface area contributed by atoms with E-state index in [0.717, 1.165) is 11.1 Å². The fraction of sp³-hybridized carbons (Fsp3) is 0.462. The number of nitrogens with zero attached hydrogens (tertiary/aromatic N) is 1. The molecule has 2 rings (SSSR count). The number of nitrogens with two attached hydrogens (primary N) is 1. The Balaban J connectivity index is 2.05. The lowest BCUT2D eigenvalue weighted by Crippen LogP contribution is -2.32. The fourth-order valence-electron chi connectivity index (χ4n) is 2.36. The zero-order valence-corrected chi connectivity index (χ0v) is 12.5. The first-order chi connectivity index (χ1) is 8.87. The van der Waals surface area contributed by atoms with Gasteiger partial charge >= 0.3 is 0 Å². The SMILES string of the molecule is CN(Cc1cccc(C(N)=S)c1)C1CCS(=O)(=O)C1. The number of hydrogen-bond acceptors (Lipinski definition) is 4. The Morgan fingerprint density at radius 1 is 1.53 bits per heavy atom. The van der Waals surface area contributed by atoms with Gasteiger partial charge < -0.3 is 5.73 Å². The van der Waals surface area contributed by atoms with E-state index in [1.54, 1.807) is 0 Å². The molecule has 0 aliphatic carbocycles. The molecule has 19 heavy (non-hydrogen) atoms. The van der Waals surface area contributed by atoms with E-state index in [9.17, 15) is 8.42 Å². The first kappa shape index (κ1) is 14.4. The van der Waals surface area contributed by atoms with Crippen molar-refractivity contribution < 1.29 is 8.42 Å². The van der Waals surface area contributed by atoms with Gasteiger partial charge in [-0.25, -0.2) is 8.42 Å². The smallest absolute Gasteiger partial charge is 0.151 e. The molecule has 0 radical (unpaired) electrons.